The fourth-order valence-electron chi connectivity index (χ4n) is 1.89. The summed E-state index contributed by atoms with van der Waals surface area (Å²) in [4.78, 5) is 13.6. The van der Waals surface area contributed by atoms with Crippen LogP contribution in [-0.4, -0.2) is 41.0 Å². The Labute approximate surface area is 106 Å². The normalized spacial score (nSPS) is 17.7. The van der Waals surface area contributed by atoms with E-state index < -0.39 is 12.1 Å². The molecular formula is C14H27NO2. The lowest BCUT2D eigenvalue weighted by Crippen LogP contribution is -2.51. The summed E-state index contributed by atoms with van der Waals surface area (Å²) in [5, 5.41) is 10.3. The Morgan fingerprint density at radius 3 is 2.24 bits per heavy atom. The van der Waals surface area contributed by atoms with E-state index in [1.807, 2.05) is 51.8 Å². The molecule has 0 amide bonds. The van der Waals surface area contributed by atoms with E-state index in [4.69, 9.17) is 0 Å². The van der Waals surface area contributed by atoms with Crippen LogP contribution in [0.2, 0.25) is 0 Å². The van der Waals surface area contributed by atoms with Gasteiger partial charge in [-0.3, -0.25) is 9.69 Å². The van der Waals surface area contributed by atoms with Crippen LogP contribution in [0.4, 0.5) is 0 Å². The summed E-state index contributed by atoms with van der Waals surface area (Å²) in [6, 6.07) is -0.164. The van der Waals surface area contributed by atoms with Crippen molar-refractivity contribution in [2.75, 3.05) is 7.05 Å². The number of ketones is 1. The summed E-state index contributed by atoms with van der Waals surface area (Å²) in [6.45, 7) is 9.55. The molecule has 0 aromatic heterocycles. The van der Waals surface area contributed by atoms with E-state index in [0.717, 1.165) is 6.42 Å². The first kappa shape index (κ1) is 16.3. The molecule has 0 aromatic rings. The molecule has 0 aromatic carbocycles. The first-order valence-corrected chi connectivity index (χ1v) is 6.34. The van der Waals surface area contributed by atoms with E-state index in [2.05, 4.69) is 0 Å². The third kappa shape index (κ3) is 5.00. The maximum absolute atomic E-state index is 11.7. The summed E-state index contributed by atoms with van der Waals surface area (Å²) >= 11 is 0. The third-order valence-electron chi connectivity index (χ3n) is 3.32. The monoisotopic (exact) mass is 241 g/mol. The van der Waals surface area contributed by atoms with Gasteiger partial charge in [0, 0.05) is 6.04 Å². The Morgan fingerprint density at radius 2 is 1.88 bits per heavy atom. The van der Waals surface area contributed by atoms with Crippen LogP contribution in [0.5, 0.6) is 0 Å². The highest BCUT2D eigenvalue weighted by Gasteiger charge is 2.32. The summed E-state index contributed by atoms with van der Waals surface area (Å²) in [7, 11) is 1.89. The average molecular weight is 241 g/mol. The lowest BCUT2D eigenvalue weighted by molar-refractivity contribution is -0.128. The molecule has 0 aliphatic rings. The molecule has 0 saturated carbocycles. The second-order valence-corrected chi connectivity index (χ2v) is 5.09. The van der Waals surface area contributed by atoms with Crippen LogP contribution in [0.3, 0.4) is 0 Å². The molecule has 0 rings (SSSR count). The molecule has 0 aliphatic carbocycles. The zero-order valence-electron chi connectivity index (χ0n) is 12.0. The Kier molecular flexibility index (Phi) is 7.32. The standard InChI is InChI=1S/C14H27NO2/c1-7-8-9-11(4)14(17)13(12(5)16)15(6)10(2)3/h7-8,10-11,13-14,17H,9H2,1-6H3/t11-,13-,14-/m1/s1. The number of carbonyl (C=O) groups is 1. The van der Waals surface area contributed by atoms with Crippen molar-refractivity contribution in [2.45, 2.75) is 59.2 Å². The number of Topliss-reactive ketones (excluding diaryl/α,β-unsaturated/α-hetero) is 1. The van der Waals surface area contributed by atoms with Gasteiger partial charge in [0.25, 0.3) is 0 Å². The molecule has 3 heteroatoms. The van der Waals surface area contributed by atoms with E-state index in [0.29, 0.717) is 0 Å². The van der Waals surface area contributed by atoms with Crippen molar-refractivity contribution in [2.24, 2.45) is 5.92 Å². The van der Waals surface area contributed by atoms with Gasteiger partial charge < -0.3 is 5.11 Å². The van der Waals surface area contributed by atoms with Gasteiger partial charge in [-0.25, -0.2) is 0 Å². The summed E-state index contributed by atoms with van der Waals surface area (Å²) in [6.07, 6.45) is 4.18. The minimum atomic E-state index is -0.615. The minimum absolute atomic E-state index is 0.0287. The predicted octanol–water partition coefficient (Wildman–Crippen LogP) is 2.25. The summed E-state index contributed by atoms with van der Waals surface area (Å²) < 4.78 is 0. The summed E-state index contributed by atoms with van der Waals surface area (Å²) in [5.41, 5.74) is 0. The fraction of sp³-hybridized carbons (Fsp3) is 0.786. The van der Waals surface area contributed by atoms with Gasteiger partial charge >= 0.3 is 0 Å². The predicted molar refractivity (Wildman–Crippen MR) is 72.0 cm³/mol. The average Bonchev–Trinajstić information content (AvgIpc) is 2.24. The molecule has 0 spiro atoms. The lowest BCUT2D eigenvalue weighted by Gasteiger charge is -2.35. The number of aliphatic hydroxyl groups is 1. The van der Waals surface area contributed by atoms with Gasteiger partial charge in [-0.2, -0.15) is 0 Å². The number of likely N-dealkylation sites (N-methyl/N-ethyl adjacent to an activating group) is 1. The first-order chi connectivity index (χ1) is 7.82. The highest BCUT2D eigenvalue weighted by molar-refractivity contribution is 5.82. The molecule has 100 valence electrons. The quantitative estimate of drug-likeness (QED) is 0.695. The lowest BCUT2D eigenvalue weighted by atomic mass is 9.91. The Hall–Kier alpha value is -0.670. The van der Waals surface area contributed by atoms with Gasteiger partial charge in [-0.05, 0) is 47.1 Å². The summed E-state index contributed by atoms with van der Waals surface area (Å²) in [5.74, 6) is 0.113. The number of nitrogens with zero attached hydrogens (tertiary/aromatic N) is 1. The highest BCUT2D eigenvalue weighted by Crippen LogP contribution is 2.18. The number of aliphatic hydroxyl groups excluding tert-OH is 1. The molecule has 0 bridgehead atoms. The minimum Gasteiger partial charge on any atom is -0.391 e. The number of carbonyl (C=O) groups excluding carboxylic acids is 1. The first-order valence-electron chi connectivity index (χ1n) is 6.34. The van der Waals surface area contributed by atoms with Gasteiger partial charge in [0.2, 0.25) is 0 Å². The SMILES string of the molecule is CC=CC[C@@H](C)[C@@H](O)[C@@H](C(C)=O)N(C)C(C)C. The Morgan fingerprint density at radius 1 is 1.35 bits per heavy atom. The van der Waals surface area contributed by atoms with E-state index in [9.17, 15) is 9.90 Å². The van der Waals surface area contributed by atoms with Crippen LogP contribution in [0, 0.1) is 5.92 Å². The number of allylic oxidation sites excluding steroid dienone is 2. The molecular weight excluding hydrogens is 214 g/mol. The van der Waals surface area contributed by atoms with Gasteiger partial charge in [0.05, 0.1) is 12.1 Å². The molecule has 0 aliphatic heterocycles. The van der Waals surface area contributed by atoms with Gasteiger partial charge in [-0.15, -0.1) is 0 Å². The zero-order chi connectivity index (χ0) is 13.6. The second kappa shape index (κ2) is 7.62. The molecule has 3 nitrogen and oxygen atoms in total. The van der Waals surface area contributed by atoms with E-state index in [1.165, 1.54) is 0 Å². The van der Waals surface area contributed by atoms with Crippen molar-refractivity contribution >= 4 is 5.78 Å². The van der Waals surface area contributed by atoms with Gasteiger partial charge in [-0.1, -0.05) is 19.1 Å². The molecule has 3 atom stereocenters. The fourth-order valence-corrected chi connectivity index (χ4v) is 1.89. The third-order valence-corrected chi connectivity index (χ3v) is 3.32. The molecule has 0 heterocycles. The van der Waals surface area contributed by atoms with Crippen molar-refractivity contribution in [1.82, 2.24) is 4.90 Å². The molecule has 0 unspecified atom stereocenters. The molecule has 0 saturated heterocycles. The van der Waals surface area contributed by atoms with Crippen molar-refractivity contribution < 1.29 is 9.90 Å². The number of hydrogen-bond donors (Lipinski definition) is 1. The van der Waals surface area contributed by atoms with E-state index >= 15 is 0 Å². The van der Waals surface area contributed by atoms with Crippen molar-refractivity contribution in [3.63, 3.8) is 0 Å². The Bertz CT molecular complexity index is 261. The van der Waals surface area contributed by atoms with Crippen LogP contribution >= 0.6 is 0 Å². The zero-order valence-corrected chi connectivity index (χ0v) is 12.0. The molecule has 1 N–H and O–H groups in total. The largest absolute Gasteiger partial charge is 0.391 e. The van der Waals surface area contributed by atoms with Crippen molar-refractivity contribution in [3.8, 4) is 0 Å². The number of rotatable bonds is 7. The van der Waals surface area contributed by atoms with Crippen LogP contribution in [0.25, 0.3) is 0 Å². The maximum atomic E-state index is 11.7. The van der Waals surface area contributed by atoms with Gasteiger partial charge in [0.15, 0.2) is 0 Å². The van der Waals surface area contributed by atoms with Crippen LogP contribution in [-0.2, 0) is 4.79 Å². The van der Waals surface area contributed by atoms with Crippen LogP contribution < -0.4 is 0 Å². The number of hydrogen-bond acceptors (Lipinski definition) is 3. The molecule has 0 fully saturated rings. The van der Waals surface area contributed by atoms with Crippen LogP contribution in [0.1, 0.15) is 41.0 Å². The maximum Gasteiger partial charge on any atom is 0.149 e. The molecule has 0 radical (unpaired) electrons. The Balaban J connectivity index is 4.76. The topological polar surface area (TPSA) is 40.5 Å². The smallest absolute Gasteiger partial charge is 0.149 e. The van der Waals surface area contributed by atoms with Crippen molar-refractivity contribution in [1.29, 1.82) is 0 Å². The van der Waals surface area contributed by atoms with Crippen molar-refractivity contribution in [3.05, 3.63) is 12.2 Å². The van der Waals surface area contributed by atoms with E-state index in [-0.39, 0.29) is 17.7 Å². The van der Waals surface area contributed by atoms with Gasteiger partial charge in [0.1, 0.15) is 5.78 Å². The van der Waals surface area contributed by atoms with Crippen LogP contribution in [0.15, 0.2) is 12.2 Å². The molecule has 17 heavy (non-hydrogen) atoms. The van der Waals surface area contributed by atoms with E-state index in [1.54, 1.807) is 6.92 Å². The second-order valence-electron chi connectivity index (χ2n) is 5.09. The highest BCUT2D eigenvalue weighted by atomic mass is 16.3.